The Morgan fingerprint density at radius 1 is 1.30 bits per heavy atom. The Kier molecular flexibility index (Phi) is 3.57. The van der Waals surface area contributed by atoms with E-state index in [1.54, 1.807) is 6.92 Å². The monoisotopic (exact) mass is 273 g/mol. The third-order valence-electron chi connectivity index (χ3n) is 4.13. The molecule has 0 N–H and O–H groups in total. The molecule has 1 fully saturated rings. The van der Waals surface area contributed by atoms with E-state index < -0.39 is 0 Å². The maximum atomic E-state index is 12.6. The molecule has 0 saturated carbocycles. The van der Waals surface area contributed by atoms with Gasteiger partial charge in [-0.2, -0.15) is 0 Å². The molecule has 2 heterocycles. The summed E-state index contributed by atoms with van der Waals surface area (Å²) in [5.41, 5.74) is 2.99. The van der Waals surface area contributed by atoms with Crippen molar-refractivity contribution in [3.63, 3.8) is 0 Å². The van der Waals surface area contributed by atoms with Crippen molar-refractivity contribution in [3.05, 3.63) is 34.9 Å². The molecule has 20 heavy (non-hydrogen) atoms. The zero-order chi connectivity index (χ0) is 14.1. The summed E-state index contributed by atoms with van der Waals surface area (Å²) in [4.78, 5) is 25.8. The van der Waals surface area contributed by atoms with E-state index in [0.717, 1.165) is 24.9 Å². The summed E-state index contributed by atoms with van der Waals surface area (Å²) in [6.45, 7) is 3.58. The average Bonchev–Trinajstić information content (AvgIpc) is 3.04. The smallest absolute Gasteiger partial charge is 0.254 e. The summed E-state index contributed by atoms with van der Waals surface area (Å²) in [6, 6.07) is 5.86. The molecular formula is C16H19NO3. The fraction of sp³-hybridized carbons (Fsp3) is 0.500. The minimum absolute atomic E-state index is 0.0449. The van der Waals surface area contributed by atoms with Crippen molar-refractivity contribution in [1.29, 1.82) is 0 Å². The van der Waals surface area contributed by atoms with E-state index in [2.05, 4.69) is 0 Å². The summed E-state index contributed by atoms with van der Waals surface area (Å²) in [5.74, 6) is 0.195. The molecule has 1 atom stereocenters. The standard InChI is InChI=1S/C16H19NO3/c1-11(18)7-15-3-2-6-17(15)16(19)12-4-5-13-9-20-10-14(13)8-12/h4-5,8,15H,2-3,6-7,9-10H2,1H3. The third kappa shape index (κ3) is 2.48. The SMILES string of the molecule is CC(=O)CC1CCCN1C(=O)c1ccc2c(c1)COC2. The molecule has 0 spiro atoms. The van der Waals surface area contributed by atoms with E-state index in [4.69, 9.17) is 4.74 Å². The van der Waals surface area contributed by atoms with Crippen molar-refractivity contribution >= 4 is 11.7 Å². The second-order valence-electron chi connectivity index (χ2n) is 5.68. The Balaban J connectivity index is 1.79. The van der Waals surface area contributed by atoms with Gasteiger partial charge in [0.05, 0.1) is 13.2 Å². The molecule has 0 radical (unpaired) electrons. The van der Waals surface area contributed by atoms with E-state index in [0.29, 0.717) is 25.2 Å². The first-order valence-electron chi connectivity index (χ1n) is 7.15. The van der Waals surface area contributed by atoms with Crippen molar-refractivity contribution in [2.24, 2.45) is 0 Å². The summed E-state index contributed by atoms with van der Waals surface area (Å²) in [6.07, 6.45) is 2.39. The van der Waals surface area contributed by atoms with Crippen LogP contribution in [0.1, 0.15) is 47.7 Å². The highest BCUT2D eigenvalue weighted by Crippen LogP contribution is 2.25. The topological polar surface area (TPSA) is 46.6 Å². The minimum Gasteiger partial charge on any atom is -0.372 e. The molecule has 2 aliphatic heterocycles. The Labute approximate surface area is 118 Å². The van der Waals surface area contributed by atoms with Crippen LogP contribution in [-0.2, 0) is 22.7 Å². The van der Waals surface area contributed by atoms with Gasteiger partial charge < -0.3 is 9.64 Å². The number of carbonyl (C=O) groups is 2. The second kappa shape index (κ2) is 5.37. The molecular weight excluding hydrogens is 254 g/mol. The number of amides is 1. The molecule has 1 unspecified atom stereocenters. The number of fused-ring (bicyclic) bond motifs is 1. The first kappa shape index (κ1) is 13.3. The number of Topliss-reactive ketones (excluding diaryl/α,β-unsaturated/α-hetero) is 1. The number of ketones is 1. The Hall–Kier alpha value is -1.68. The lowest BCUT2D eigenvalue weighted by Crippen LogP contribution is -2.36. The van der Waals surface area contributed by atoms with Crippen molar-refractivity contribution in [1.82, 2.24) is 4.90 Å². The van der Waals surface area contributed by atoms with Crippen LogP contribution in [0.2, 0.25) is 0 Å². The van der Waals surface area contributed by atoms with Gasteiger partial charge in [-0.15, -0.1) is 0 Å². The van der Waals surface area contributed by atoms with Crippen molar-refractivity contribution in [2.45, 2.75) is 45.4 Å². The van der Waals surface area contributed by atoms with E-state index in [1.165, 1.54) is 5.56 Å². The second-order valence-corrected chi connectivity index (χ2v) is 5.68. The lowest BCUT2D eigenvalue weighted by Gasteiger charge is -2.24. The van der Waals surface area contributed by atoms with Crippen LogP contribution in [0.15, 0.2) is 18.2 Å². The zero-order valence-corrected chi connectivity index (χ0v) is 11.7. The highest BCUT2D eigenvalue weighted by atomic mass is 16.5. The fourth-order valence-electron chi connectivity index (χ4n) is 3.12. The average molecular weight is 273 g/mol. The number of likely N-dealkylation sites (tertiary alicyclic amines) is 1. The number of carbonyl (C=O) groups excluding carboxylic acids is 2. The predicted molar refractivity (Wildman–Crippen MR) is 74.3 cm³/mol. The highest BCUT2D eigenvalue weighted by molar-refractivity contribution is 5.95. The molecule has 1 aromatic rings. The van der Waals surface area contributed by atoms with Crippen LogP contribution in [0.4, 0.5) is 0 Å². The molecule has 1 saturated heterocycles. The van der Waals surface area contributed by atoms with Gasteiger partial charge in [-0.25, -0.2) is 0 Å². The maximum absolute atomic E-state index is 12.6. The van der Waals surface area contributed by atoms with Gasteiger partial charge in [-0.1, -0.05) is 6.07 Å². The zero-order valence-electron chi connectivity index (χ0n) is 11.7. The van der Waals surface area contributed by atoms with Crippen LogP contribution in [-0.4, -0.2) is 29.2 Å². The lowest BCUT2D eigenvalue weighted by atomic mass is 10.0. The van der Waals surface area contributed by atoms with Crippen molar-refractivity contribution in [2.75, 3.05) is 6.54 Å². The lowest BCUT2D eigenvalue weighted by molar-refractivity contribution is -0.117. The summed E-state index contributed by atoms with van der Waals surface area (Å²) >= 11 is 0. The number of hydrogen-bond donors (Lipinski definition) is 0. The third-order valence-corrected chi connectivity index (χ3v) is 4.13. The van der Waals surface area contributed by atoms with E-state index >= 15 is 0 Å². The van der Waals surface area contributed by atoms with Gasteiger partial charge in [-0.05, 0) is 43.0 Å². The largest absolute Gasteiger partial charge is 0.372 e. The molecule has 0 bridgehead atoms. The number of ether oxygens (including phenoxy) is 1. The van der Waals surface area contributed by atoms with Crippen LogP contribution in [0.5, 0.6) is 0 Å². The fourth-order valence-corrected chi connectivity index (χ4v) is 3.12. The van der Waals surface area contributed by atoms with Gasteiger partial charge in [0.2, 0.25) is 0 Å². The summed E-state index contributed by atoms with van der Waals surface area (Å²) < 4.78 is 5.38. The molecule has 4 nitrogen and oxygen atoms in total. The van der Waals surface area contributed by atoms with Crippen LogP contribution in [0.3, 0.4) is 0 Å². The number of hydrogen-bond acceptors (Lipinski definition) is 3. The van der Waals surface area contributed by atoms with Gasteiger partial charge in [0.25, 0.3) is 5.91 Å². The van der Waals surface area contributed by atoms with Crippen molar-refractivity contribution < 1.29 is 14.3 Å². The van der Waals surface area contributed by atoms with E-state index in [1.807, 2.05) is 23.1 Å². The number of nitrogens with zero attached hydrogens (tertiary/aromatic N) is 1. The van der Waals surface area contributed by atoms with Gasteiger partial charge >= 0.3 is 0 Å². The summed E-state index contributed by atoms with van der Waals surface area (Å²) in [7, 11) is 0. The predicted octanol–water partition coefficient (Wildman–Crippen LogP) is 2.30. The molecule has 2 aliphatic rings. The van der Waals surface area contributed by atoms with Gasteiger partial charge in [0.1, 0.15) is 5.78 Å². The molecule has 0 aliphatic carbocycles. The number of benzene rings is 1. The normalized spacial score (nSPS) is 21.1. The highest BCUT2D eigenvalue weighted by Gasteiger charge is 2.30. The van der Waals surface area contributed by atoms with Gasteiger partial charge in [0.15, 0.2) is 0 Å². The van der Waals surface area contributed by atoms with Crippen molar-refractivity contribution in [3.8, 4) is 0 Å². The molecule has 106 valence electrons. The van der Waals surface area contributed by atoms with Gasteiger partial charge in [0, 0.05) is 24.6 Å². The molecule has 3 rings (SSSR count). The first-order chi connectivity index (χ1) is 9.65. The Morgan fingerprint density at radius 3 is 2.90 bits per heavy atom. The van der Waals surface area contributed by atoms with Crippen LogP contribution >= 0.6 is 0 Å². The van der Waals surface area contributed by atoms with Gasteiger partial charge in [-0.3, -0.25) is 9.59 Å². The van der Waals surface area contributed by atoms with E-state index in [9.17, 15) is 9.59 Å². The Morgan fingerprint density at radius 2 is 2.10 bits per heavy atom. The van der Waals surface area contributed by atoms with Crippen LogP contribution in [0.25, 0.3) is 0 Å². The number of rotatable bonds is 3. The van der Waals surface area contributed by atoms with E-state index in [-0.39, 0.29) is 17.7 Å². The minimum atomic E-state index is 0.0449. The van der Waals surface area contributed by atoms with Crippen LogP contribution in [0, 0.1) is 0 Å². The van der Waals surface area contributed by atoms with Crippen LogP contribution < -0.4 is 0 Å². The molecule has 1 amide bonds. The quantitative estimate of drug-likeness (QED) is 0.849. The maximum Gasteiger partial charge on any atom is 0.254 e. The molecule has 1 aromatic carbocycles. The Bertz CT molecular complexity index is 553. The molecule has 4 heteroatoms. The first-order valence-corrected chi connectivity index (χ1v) is 7.15. The summed E-state index contributed by atoms with van der Waals surface area (Å²) in [5, 5.41) is 0. The molecule has 0 aromatic heterocycles.